The molecule has 0 spiro atoms. The van der Waals surface area contributed by atoms with Crippen molar-refractivity contribution in [3.8, 4) is 17.6 Å². The summed E-state index contributed by atoms with van der Waals surface area (Å²) in [6, 6.07) is 27.8. The summed E-state index contributed by atoms with van der Waals surface area (Å²) in [6.45, 7) is 8.57. The number of imidazole rings is 1. The first-order valence-electron chi connectivity index (χ1n) is 18.8. The van der Waals surface area contributed by atoms with Gasteiger partial charge >= 0.3 is 0 Å². The summed E-state index contributed by atoms with van der Waals surface area (Å²) in [5, 5.41) is 9.41. The Balaban J connectivity index is 1.36. The number of H-pyrrole nitrogens is 1. The quantitative estimate of drug-likeness (QED) is 0.0631. The normalized spacial score (nSPS) is 21.1. The van der Waals surface area contributed by atoms with Crippen LogP contribution in [0.15, 0.2) is 90.0 Å². The second kappa shape index (κ2) is 16.9. The highest BCUT2D eigenvalue weighted by Crippen LogP contribution is 2.56. The molecule has 16 heteroatoms. The van der Waals surface area contributed by atoms with Crippen LogP contribution >= 0.6 is 8.53 Å². The molecule has 2 aliphatic heterocycles. The van der Waals surface area contributed by atoms with E-state index in [0.717, 1.165) is 16.7 Å². The van der Waals surface area contributed by atoms with Gasteiger partial charge in [-0.05, 0) is 68.7 Å². The van der Waals surface area contributed by atoms with Crippen LogP contribution in [-0.2, 0) is 28.9 Å². The first-order valence-corrected chi connectivity index (χ1v) is 19.9. The largest absolute Gasteiger partial charge is 0.497 e. The van der Waals surface area contributed by atoms with Gasteiger partial charge in [0.25, 0.3) is 14.1 Å². The summed E-state index contributed by atoms with van der Waals surface area (Å²) in [7, 11) is 1.51. The smallest absolute Gasteiger partial charge is 0.280 e. The number of nitrogens with zero attached hydrogens (tertiary/aromatic N) is 5. The van der Waals surface area contributed by atoms with Crippen molar-refractivity contribution >= 4 is 25.6 Å². The zero-order valence-corrected chi connectivity index (χ0v) is 33.7. The number of fused-ring (bicyclic) bond motifs is 3. The number of nitriles is 1. The summed E-state index contributed by atoms with van der Waals surface area (Å²) in [6.07, 6.45) is -0.631. The lowest BCUT2D eigenvalue weighted by Gasteiger charge is -2.41. The van der Waals surface area contributed by atoms with Crippen LogP contribution in [0.25, 0.3) is 11.2 Å². The number of hydrogen-bond donors (Lipinski definition) is 2. The van der Waals surface area contributed by atoms with E-state index in [1.165, 1.54) is 6.33 Å². The average molecular weight is 798 g/mol. The van der Waals surface area contributed by atoms with Gasteiger partial charge in [-0.2, -0.15) is 10.2 Å². The number of nitrogen functional groups attached to an aromatic ring is 1. The van der Waals surface area contributed by atoms with E-state index in [4.69, 9.17) is 38.5 Å². The Morgan fingerprint density at radius 2 is 1.61 bits per heavy atom. The van der Waals surface area contributed by atoms with E-state index in [1.54, 1.807) is 18.8 Å². The Bertz CT molecular complexity index is 2170. The van der Waals surface area contributed by atoms with Crippen LogP contribution in [0.3, 0.4) is 0 Å². The molecule has 3 aromatic carbocycles. The minimum atomic E-state index is -1.75. The van der Waals surface area contributed by atoms with Crippen molar-refractivity contribution in [3.05, 3.63) is 112 Å². The molecule has 0 saturated carbocycles. The van der Waals surface area contributed by atoms with E-state index < -0.39 is 43.7 Å². The summed E-state index contributed by atoms with van der Waals surface area (Å²) in [5.41, 5.74) is 6.01. The predicted octanol–water partition coefficient (Wildman–Crippen LogP) is 6.06. The third-order valence-corrected chi connectivity index (χ3v) is 12.4. The number of ether oxygens (including phenoxy) is 5. The molecule has 2 bridgehead atoms. The molecule has 4 heterocycles. The van der Waals surface area contributed by atoms with Crippen LogP contribution in [0, 0.1) is 11.3 Å². The maximum atomic E-state index is 12.9. The zero-order chi connectivity index (χ0) is 40.3. The van der Waals surface area contributed by atoms with Gasteiger partial charge in [0.1, 0.15) is 34.9 Å². The van der Waals surface area contributed by atoms with Crippen LogP contribution in [0.2, 0.25) is 0 Å². The highest BCUT2D eigenvalue weighted by molar-refractivity contribution is 7.44. The summed E-state index contributed by atoms with van der Waals surface area (Å²) in [5.74, 6) is 1.33. The monoisotopic (exact) mass is 797 g/mol. The number of benzene rings is 3. The van der Waals surface area contributed by atoms with Crippen molar-refractivity contribution in [1.82, 2.24) is 24.2 Å². The number of nitrogens with one attached hydrogen (secondary N) is 1. The molecule has 2 fully saturated rings. The maximum absolute atomic E-state index is 12.9. The maximum Gasteiger partial charge on any atom is 0.280 e. The number of aromatic amines is 1. The van der Waals surface area contributed by atoms with Gasteiger partial charge in [-0.3, -0.25) is 14.3 Å². The number of aromatic nitrogens is 4. The van der Waals surface area contributed by atoms with Crippen LogP contribution in [0.5, 0.6) is 11.5 Å². The Labute approximate surface area is 332 Å². The molecular formula is C41H48N7O8P. The molecular weight excluding hydrogens is 749 g/mol. The molecule has 2 saturated heterocycles. The summed E-state index contributed by atoms with van der Waals surface area (Å²) >= 11 is 0. The van der Waals surface area contributed by atoms with Gasteiger partial charge in [0.05, 0.1) is 52.9 Å². The standard InChI is InChI=1S/C41H48N7O8P/c1-26(2)48(27(3)4)57(54-22-10-21-42)56-35-34-38(47-25-44-33-36(47)45-39(43)46-37(33)49)55-40(35,23-52-34)24-53-41(28-11-8-7-9-12-28,29-13-17-31(50-5)18-14-29)30-15-19-32(51-6)20-16-30/h7-9,11-20,25-27,34-35,38H,10,22-24H2,1-6H3,(H3,43,45,46,49)/t34-,35?,38?,40+,57?/m0/s1. The Kier molecular flexibility index (Phi) is 11.9. The molecule has 0 radical (unpaired) electrons. The lowest BCUT2D eigenvalue weighted by atomic mass is 9.79. The van der Waals surface area contributed by atoms with Gasteiger partial charge in [-0.1, -0.05) is 54.6 Å². The van der Waals surface area contributed by atoms with Crippen molar-refractivity contribution in [1.29, 1.82) is 5.26 Å². The zero-order valence-electron chi connectivity index (χ0n) is 32.8. The fourth-order valence-corrected chi connectivity index (χ4v) is 9.51. The number of nitrogens with two attached hydrogens (primary N) is 1. The third kappa shape index (κ3) is 7.62. The van der Waals surface area contributed by atoms with E-state index in [9.17, 15) is 10.1 Å². The van der Waals surface area contributed by atoms with Gasteiger partial charge in [0.2, 0.25) is 5.95 Å². The molecule has 15 nitrogen and oxygen atoms in total. The van der Waals surface area contributed by atoms with Crippen LogP contribution in [0.1, 0.15) is 57.0 Å². The summed E-state index contributed by atoms with van der Waals surface area (Å²) in [4.78, 5) is 24.2. The van der Waals surface area contributed by atoms with E-state index >= 15 is 0 Å². The van der Waals surface area contributed by atoms with Gasteiger partial charge < -0.3 is 38.5 Å². The fourth-order valence-electron chi connectivity index (χ4n) is 7.70. The number of hydrogen-bond acceptors (Lipinski definition) is 13. The molecule has 5 atom stereocenters. The van der Waals surface area contributed by atoms with Gasteiger partial charge in [-0.25, -0.2) is 9.65 Å². The molecule has 5 aromatic rings. The molecule has 3 unspecified atom stereocenters. The van der Waals surface area contributed by atoms with E-state index in [1.807, 2.05) is 78.9 Å². The lowest BCUT2D eigenvalue weighted by Crippen LogP contribution is -2.49. The fraction of sp³-hybridized carbons (Fsp3) is 0.415. The Morgan fingerprint density at radius 1 is 1.00 bits per heavy atom. The predicted molar refractivity (Wildman–Crippen MR) is 214 cm³/mol. The molecule has 0 amide bonds. The first kappa shape index (κ1) is 40.3. The number of anilines is 1. The molecule has 2 aliphatic rings. The Morgan fingerprint density at radius 3 is 2.19 bits per heavy atom. The highest BCUT2D eigenvalue weighted by atomic mass is 31.2. The van der Waals surface area contributed by atoms with Crippen LogP contribution < -0.4 is 20.8 Å². The lowest BCUT2D eigenvalue weighted by molar-refractivity contribution is -0.202. The van der Waals surface area contributed by atoms with Gasteiger partial charge in [-0.15, -0.1) is 0 Å². The summed E-state index contributed by atoms with van der Waals surface area (Å²) < 4.78 is 49.6. The second-order valence-electron chi connectivity index (χ2n) is 14.5. The molecule has 57 heavy (non-hydrogen) atoms. The highest BCUT2D eigenvalue weighted by Gasteiger charge is 2.65. The van der Waals surface area contributed by atoms with Crippen molar-refractivity contribution < 1.29 is 32.7 Å². The average Bonchev–Trinajstić information content (AvgIpc) is 3.88. The minimum absolute atomic E-state index is 0.0227. The minimum Gasteiger partial charge on any atom is -0.497 e. The van der Waals surface area contributed by atoms with Crippen molar-refractivity contribution in [2.45, 2.75) is 75.8 Å². The van der Waals surface area contributed by atoms with Crippen molar-refractivity contribution in [2.24, 2.45) is 0 Å². The van der Waals surface area contributed by atoms with Gasteiger partial charge in [0.15, 0.2) is 17.4 Å². The topological polar surface area (TPSA) is 181 Å². The van der Waals surface area contributed by atoms with E-state index in [-0.39, 0.29) is 55.4 Å². The molecule has 300 valence electrons. The number of methoxy groups -OCH3 is 2. The van der Waals surface area contributed by atoms with Crippen LogP contribution in [0.4, 0.5) is 5.95 Å². The first-order chi connectivity index (χ1) is 27.5. The van der Waals surface area contributed by atoms with Gasteiger partial charge in [0, 0.05) is 12.1 Å². The molecule has 7 rings (SSSR count). The van der Waals surface area contributed by atoms with Crippen molar-refractivity contribution in [2.75, 3.05) is 39.8 Å². The Hall–Kier alpha value is -4.91. The van der Waals surface area contributed by atoms with E-state index in [0.29, 0.717) is 11.5 Å². The molecule has 3 N–H and O–H groups in total. The third-order valence-electron chi connectivity index (χ3n) is 10.3. The van der Waals surface area contributed by atoms with E-state index in [2.05, 4.69) is 53.4 Å². The van der Waals surface area contributed by atoms with Crippen molar-refractivity contribution in [3.63, 3.8) is 0 Å². The van der Waals surface area contributed by atoms with Crippen LogP contribution in [-0.4, -0.2) is 88.1 Å². The SMILES string of the molecule is COc1ccc(C(OC[C@@]23CO[C@H](C(n4cnc5c(=O)[nH]c(N)nc54)O2)C3OP(OCCC#N)N(C(C)C)C(C)C)(c2ccccc2)c2ccc(OC)cc2)cc1. The molecule has 0 aliphatic carbocycles. The second-order valence-corrected chi connectivity index (χ2v) is 15.9. The number of rotatable bonds is 17. The molecule has 2 aromatic heterocycles.